The first-order chi connectivity index (χ1) is 24.1. The molecule has 0 aromatic rings. The Balaban J connectivity index is 3.06. The largest absolute Gasteiger partial charge is 0.331 e. The van der Waals surface area contributed by atoms with Crippen LogP contribution in [0.5, 0.6) is 0 Å². The normalized spacial score (nSPS) is 12.0. The molecule has 1 heteroatoms. The number of nitrogens with zero attached hydrogens (tertiary/aromatic N) is 1. The number of quaternary nitrogens is 1. The maximum absolute atomic E-state index is 2.31. The van der Waals surface area contributed by atoms with Gasteiger partial charge in [0.2, 0.25) is 0 Å². The van der Waals surface area contributed by atoms with Gasteiger partial charge in [0, 0.05) is 0 Å². The van der Waals surface area contributed by atoms with E-state index < -0.39 is 0 Å². The Morgan fingerprint density at radius 2 is 0.306 bits per heavy atom. The van der Waals surface area contributed by atoms with Crippen LogP contribution in [0, 0.1) is 0 Å². The lowest BCUT2D eigenvalue weighted by Crippen LogP contribution is -2.35. The summed E-state index contributed by atoms with van der Waals surface area (Å²) in [5.41, 5.74) is 0. The fraction of sp³-hybridized carbons (Fsp3) is 1.00. The van der Waals surface area contributed by atoms with Crippen LogP contribution in [0.3, 0.4) is 0 Å². The first-order valence-electron chi connectivity index (χ1n) is 23.9. The van der Waals surface area contributed by atoms with Gasteiger partial charge in [-0.05, 0) is 12.8 Å². The fourth-order valence-corrected chi connectivity index (χ4v) is 7.91. The summed E-state index contributed by atoms with van der Waals surface area (Å²) in [4.78, 5) is 0. The van der Waals surface area contributed by atoms with E-state index in [2.05, 4.69) is 28.1 Å². The van der Waals surface area contributed by atoms with Crippen molar-refractivity contribution in [1.82, 2.24) is 0 Å². The van der Waals surface area contributed by atoms with Crippen molar-refractivity contribution in [3.8, 4) is 0 Å². The Morgan fingerprint density at radius 1 is 0.184 bits per heavy atom. The molecule has 0 rings (SSSR count). The van der Waals surface area contributed by atoms with E-state index >= 15 is 0 Å². The molecule has 0 radical (unpaired) electrons. The second-order valence-electron chi connectivity index (χ2n) is 17.9. The van der Waals surface area contributed by atoms with E-state index in [1.807, 2.05) is 0 Å². The van der Waals surface area contributed by atoms with E-state index in [4.69, 9.17) is 0 Å². The molecular formula is C48H100N+. The van der Waals surface area contributed by atoms with Crippen LogP contribution in [-0.4, -0.2) is 32.2 Å². The summed E-state index contributed by atoms with van der Waals surface area (Å²) in [7, 11) is 6.94. The zero-order valence-electron chi connectivity index (χ0n) is 35.6. The molecule has 0 aliphatic heterocycles. The van der Waals surface area contributed by atoms with Gasteiger partial charge in [-0.3, -0.25) is 0 Å². The lowest BCUT2D eigenvalue weighted by Gasteiger charge is -2.23. The van der Waals surface area contributed by atoms with Crippen LogP contribution in [0.15, 0.2) is 0 Å². The summed E-state index contributed by atoms with van der Waals surface area (Å²) in [6.45, 7) is 3.64. The minimum atomic E-state index is 1.12. The van der Waals surface area contributed by atoms with Crippen molar-refractivity contribution in [3.63, 3.8) is 0 Å². The molecule has 49 heavy (non-hydrogen) atoms. The lowest BCUT2D eigenvalue weighted by molar-refractivity contribution is -0.870. The summed E-state index contributed by atoms with van der Waals surface area (Å²) >= 11 is 0. The van der Waals surface area contributed by atoms with E-state index in [0.29, 0.717) is 0 Å². The molecule has 0 amide bonds. The van der Waals surface area contributed by atoms with Crippen LogP contribution in [-0.2, 0) is 0 Å². The highest BCUT2D eigenvalue weighted by atomic mass is 15.3. The minimum Gasteiger partial charge on any atom is -0.331 e. The van der Waals surface area contributed by atoms with Crippen molar-refractivity contribution >= 4 is 0 Å². The molecule has 0 N–H and O–H groups in total. The summed E-state index contributed by atoms with van der Waals surface area (Å²) in [5.74, 6) is 0. The van der Waals surface area contributed by atoms with Crippen molar-refractivity contribution < 1.29 is 4.48 Å². The van der Waals surface area contributed by atoms with Gasteiger partial charge in [0.15, 0.2) is 0 Å². The standard InChI is InChI=1S/C48H100N/c1-5-6-7-8-9-10-11-12-13-14-15-16-17-18-19-20-21-22-23-24-25-26-27-28-29-30-31-32-33-34-35-36-37-38-39-40-41-42-43-44-45-46-47-48-49(2,3)4/h5-48H2,1-4H3/q+1. The van der Waals surface area contributed by atoms with Crippen molar-refractivity contribution in [2.75, 3.05) is 27.7 Å². The molecule has 0 aliphatic carbocycles. The maximum Gasteiger partial charge on any atom is 0.0780 e. The molecule has 0 spiro atoms. The van der Waals surface area contributed by atoms with Gasteiger partial charge < -0.3 is 4.48 Å². The monoisotopic (exact) mass is 691 g/mol. The van der Waals surface area contributed by atoms with Crippen LogP contribution in [0.4, 0.5) is 0 Å². The Labute approximate surface area is 314 Å². The van der Waals surface area contributed by atoms with Gasteiger partial charge in [-0.15, -0.1) is 0 Å². The minimum absolute atomic E-state index is 1.12. The van der Waals surface area contributed by atoms with Crippen molar-refractivity contribution in [2.24, 2.45) is 0 Å². The summed E-state index contributed by atoms with van der Waals surface area (Å²) < 4.78 is 1.12. The third-order valence-corrected chi connectivity index (χ3v) is 11.4. The van der Waals surface area contributed by atoms with Gasteiger partial charge >= 0.3 is 0 Å². The van der Waals surface area contributed by atoms with Crippen LogP contribution >= 0.6 is 0 Å². The fourth-order valence-electron chi connectivity index (χ4n) is 7.91. The van der Waals surface area contributed by atoms with E-state index in [1.165, 1.54) is 283 Å². The third kappa shape index (κ3) is 48.0. The van der Waals surface area contributed by atoms with Crippen LogP contribution in [0.1, 0.15) is 283 Å². The van der Waals surface area contributed by atoms with Crippen LogP contribution in [0.2, 0.25) is 0 Å². The van der Waals surface area contributed by atoms with Gasteiger partial charge in [0.1, 0.15) is 0 Å². The summed E-state index contributed by atoms with van der Waals surface area (Å²) in [6.07, 6.45) is 63.8. The quantitative estimate of drug-likeness (QED) is 0.0441. The summed E-state index contributed by atoms with van der Waals surface area (Å²) in [6, 6.07) is 0. The number of unbranched alkanes of at least 4 members (excludes halogenated alkanes) is 42. The molecule has 0 saturated carbocycles. The molecule has 0 bridgehead atoms. The number of hydrogen-bond donors (Lipinski definition) is 0. The second kappa shape index (κ2) is 42.4. The Bertz CT molecular complexity index is 562. The number of rotatable bonds is 44. The Hall–Kier alpha value is -0.0400. The lowest BCUT2D eigenvalue weighted by atomic mass is 10.0. The van der Waals surface area contributed by atoms with Crippen molar-refractivity contribution in [2.45, 2.75) is 283 Å². The molecule has 0 aliphatic rings. The zero-order valence-corrected chi connectivity index (χ0v) is 35.6. The predicted octanol–water partition coefficient (Wildman–Crippen LogP) is 17.5. The number of hydrogen-bond acceptors (Lipinski definition) is 0. The second-order valence-corrected chi connectivity index (χ2v) is 17.9. The molecule has 0 unspecified atom stereocenters. The third-order valence-electron chi connectivity index (χ3n) is 11.4. The molecular weight excluding hydrogens is 591 g/mol. The van der Waals surface area contributed by atoms with E-state index in [0.717, 1.165) is 4.48 Å². The highest BCUT2D eigenvalue weighted by Gasteiger charge is 2.05. The van der Waals surface area contributed by atoms with Crippen molar-refractivity contribution in [1.29, 1.82) is 0 Å². The summed E-state index contributed by atoms with van der Waals surface area (Å²) in [5, 5.41) is 0. The van der Waals surface area contributed by atoms with Gasteiger partial charge in [-0.1, -0.05) is 270 Å². The van der Waals surface area contributed by atoms with Gasteiger partial charge in [-0.25, -0.2) is 0 Å². The first kappa shape index (κ1) is 49.0. The van der Waals surface area contributed by atoms with E-state index in [9.17, 15) is 0 Å². The van der Waals surface area contributed by atoms with Crippen LogP contribution < -0.4 is 0 Å². The van der Waals surface area contributed by atoms with Crippen molar-refractivity contribution in [3.05, 3.63) is 0 Å². The molecule has 296 valence electrons. The predicted molar refractivity (Wildman–Crippen MR) is 227 cm³/mol. The SMILES string of the molecule is CCCCCCCCCCCCCCCCCCCCCCCCCCCCCCCCCCCCCCCCCCCCC[N+](C)(C)C. The average Bonchev–Trinajstić information content (AvgIpc) is 3.08. The average molecular weight is 691 g/mol. The van der Waals surface area contributed by atoms with Gasteiger partial charge in [0.25, 0.3) is 0 Å². The highest BCUT2D eigenvalue weighted by molar-refractivity contribution is 4.54. The first-order valence-corrected chi connectivity index (χ1v) is 23.9. The Morgan fingerprint density at radius 3 is 0.429 bits per heavy atom. The van der Waals surface area contributed by atoms with E-state index in [-0.39, 0.29) is 0 Å². The molecule has 0 heterocycles. The van der Waals surface area contributed by atoms with E-state index in [1.54, 1.807) is 0 Å². The molecule has 0 aromatic carbocycles. The molecule has 0 saturated heterocycles. The topological polar surface area (TPSA) is 0 Å². The van der Waals surface area contributed by atoms with Gasteiger partial charge in [0.05, 0.1) is 27.7 Å². The maximum atomic E-state index is 2.31. The Kier molecular flexibility index (Phi) is 42.3. The molecule has 0 fully saturated rings. The molecule has 0 atom stereocenters. The molecule has 1 nitrogen and oxygen atoms in total. The smallest absolute Gasteiger partial charge is 0.0780 e. The van der Waals surface area contributed by atoms with Crippen LogP contribution in [0.25, 0.3) is 0 Å². The zero-order chi connectivity index (χ0) is 35.6. The molecule has 0 aromatic heterocycles. The van der Waals surface area contributed by atoms with Gasteiger partial charge in [-0.2, -0.15) is 0 Å². The highest BCUT2D eigenvalue weighted by Crippen LogP contribution is 2.18.